The molecule has 1 saturated heterocycles. The number of likely N-dealkylation sites (tertiary alicyclic amines) is 1. The second-order valence-corrected chi connectivity index (χ2v) is 4.98. The fourth-order valence-corrected chi connectivity index (χ4v) is 2.13. The first-order valence-electron chi connectivity index (χ1n) is 6.86. The molecule has 114 valence electrons. The number of rotatable bonds is 3. The van der Waals surface area contributed by atoms with E-state index in [1.165, 1.54) is 11.1 Å². The molecule has 1 amide bonds. The Morgan fingerprint density at radius 2 is 2.29 bits per heavy atom. The third-order valence-corrected chi connectivity index (χ3v) is 3.19. The van der Waals surface area contributed by atoms with Crippen molar-refractivity contribution in [2.24, 2.45) is 5.92 Å². The molecule has 6 heteroatoms. The van der Waals surface area contributed by atoms with Crippen molar-refractivity contribution in [3.63, 3.8) is 0 Å². The van der Waals surface area contributed by atoms with Crippen LogP contribution in [0.4, 0.5) is 8.78 Å². The number of aromatic nitrogens is 1. The number of alkyl halides is 2. The van der Waals surface area contributed by atoms with Gasteiger partial charge in [0.25, 0.3) is 5.92 Å². The van der Waals surface area contributed by atoms with Gasteiger partial charge in [0.1, 0.15) is 12.0 Å². The van der Waals surface area contributed by atoms with E-state index in [0.717, 1.165) is 13.3 Å². The molecular weight excluding hydrogens is 276 g/mol. The van der Waals surface area contributed by atoms with Crippen molar-refractivity contribution in [2.75, 3.05) is 13.1 Å². The molecule has 0 aliphatic carbocycles. The van der Waals surface area contributed by atoms with Gasteiger partial charge in [0.2, 0.25) is 5.91 Å². The molecule has 0 N–H and O–H groups in total. The zero-order valence-corrected chi connectivity index (χ0v) is 12.2. The van der Waals surface area contributed by atoms with Crippen LogP contribution in [0.2, 0.25) is 0 Å². The summed E-state index contributed by atoms with van der Waals surface area (Å²) in [6.45, 7) is 3.85. The molecule has 1 aromatic rings. The highest BCUT2D eigenvalue weighted by Gasteiger charge is 2.45. The number of carbonyl (C=O) groups excluding carboxylic acids is 1. The van der Waals surface area contributed by atoms with Crippen molar-refractivity contribution in [3.05, 3.63) is 30.1 Å². The molecule has 1 unspecified atom stereocenters. The maximum atomic E-state index is 12.8. The Hall–Kier alpha value is -2.03. The van der Waals surface area contributed by atoms with Gasteiger partial charge in [0.15, 0.2) is 0 Å². The minimum atomic E-state index is -2.86. The van der Waals surface area contributed by atoms with E-state index in [2.05, 4.69) is 4.98 Å². The lowest BCUT2D eigenvalue weighted by molar-refractivity contribution is -0.141. The van der Waals surface area contributed by atoms with Crippen molar-refractivity contribution in [3.8, 4) is 6.07 Å². The highest BCUT2D eigenvalue weighted by atomic mass is 19.3. The van der Waals surface area contributed by atoms with Gasteiger partial charge in [-0.05, 0) is 25.0 Å². The van der Waals surface area contributed by atoms with Gasteiger partial charge >= 0.3 is 0 Å². The zero-order valence-electron chi connectivity index (χ0n) is 12.2. The molecule has 1 aliphatic heterocycles. The summed E-state index contributed by atoms with van der Waals surface area (Å²) in [5, 5.41) is 8.25. The number of halogens is 2. The molecule has 0 bridgehead atoms. The van der Waals surface area contributed by atoms with Crippen LogP contribution in [0.25, 0.3) is 0 Å². The molecule has 0 aromatic carbocycles. The Morgan fingerprint density at radius 1 is 1.57 bits per heavy atom. The molecule has 0 radical (unpaired) electrons. The maximum absolute atomic E-state index is 12.8. The monoisotopic (exact) mass is 295 g/mol. The van der Waals surface area contributed by atoms with Crippen LogP contribution in [0.5, 0.6) is 0 Å². The summed E-state index contributed by atoms with van der Waals surface area (Å²) in [6, 6.07) is 5.41. The Morgan fingerprint density at radius 3 is 2.67 bits per heavy atom. The number of carbonyl (C=O) groups is 1. The van der Waals surface area contributed by atoms with E-state index in [-0.39, 0.29) is 5.91 Å². The summed E-state index contributed by atoms with van der Waals surface area (Å²) < 4.78 is 25.7. The smallest absolute Gasteiger partial charge is 0.256 e. The predicted molar refractivity (Wildman–Crippen MR) is 74.6 cm³/mol. The standard InChI is InChI=1S/C9H15F2NO.C6H4N2/c1-3-5-12-6-4-7(8(12)13)9(2,10)11;7-4-6-2-1-3-8-5-6/h7H,3-6H2,1-2H3;1-3,5H. The summed E-state index contributed by atoms with van der Waals surface area (Å²) in [7, 11) is 0. The zero-order chi connectivity index (χ0) is 15.9. The van der Waals surface area contributed by atoms with Gasteiger partial charge < -0.3 is 4.90 Å². The van der Waals surface area contributed by atoms with Crippen LogP contribution in [0.3, 0.4) is 0 Å². The normalized spacial score (nSPS) is 18.0. The van der Waals surface area contributed by atoms with Crippen LogP contribution >= 0.6 is 0 Å². The fourth-order valence-electron chi connectivity index (χ4n) is 2.13. The van der Waals surface area contributed by atoms with Crippen molar-refractivity contribution in [2.45, 2.75) is 32.6 Å². The van der Waals surface area contributed by atoms with Gasteiger partial charge in [-0.1, -0.05) is 6.92 Å². The first kappa shape index (κ1) is 17.0. The fraction of sp³-hybridized carbons (Fsp3) is 0.533. The summed E-state index contributed by atoms with van der Waals surface area (Å²) in [5.74, 6) is -4.33. The minimum Gasteiger partial charge on any atom is -0.342 e. The highest BCUT2D eigenvalue weighted by Crippen LogP contribution is 2.32. The Bertz CT molecular complexity index is 494. The van der Waals surface area contributed by atoms with Gasteiger partial charge in [-0.25, -0.2) is 8.78 Å². The van der Waals surface area contributed by atoms with E-state index in [4.69, 9.17) is 5.26 Å². The molecule has 0 saturated carbocycles. The van der Waals surface area contributed by atoms with Crippen LogP contribution in [-0.4, -0.2) is 34.8 Å². The third-order valence-electron chi connectivity index (χ3n) is 3.19. The van der Waals surface area contributed by atoms with E-state index in [1.807, 2.05) is 13.0 Å². The summed E-state index contributed by atoms with van der Waals surface area (Å²) >= 11 is 0. The topological polar surface area (TPSA) is 57.0 Å². The van der Waals surface area contributed by atoms with Gasteiger partial charge in [0.05, 0.1) is 5.56 Å². The number of hydrogen-bond acceptors (Lipinski definition) is 3. The molecular formula is C15H19F2N3O. The average molecular weight is 295 g/mol. The molecule has 1 aromatic heterocycles. The van der Waals surface area contributed by atoms with Gasteiger partial charge in [-0.3, -0.25) is 9.78 Å². The van der Waals surface area contributed by atoms with Crippen LogP contribution in [0.1, 0.15) is 32.3 Å². The number of nitriles is 1. The second-order valence-electron chi connectivity index (χ2n) is 4.98. The molecule has 2 heterocycles. The summed E-state index contributed by atoms with van der Waals surface area (Å²) in [6.07, 6.45) is 4.29. The van der Waals surface area contributed by atoms with E-state index >= 15 is 0 Å². The molecule has 21 heavy (non-hydrogen) atoms. The molecule has 1 fully saturated rings. The van der Waals surface area contributed by atoms with E-state index in [9.17, 15) is 13.6 Å². The molecule has 4 nitrogen and oxygen atoms in total. The van der Waals surface area contributed by atoms with Gasteiger partial charge in [0, 0.05) is 32.4 Å². The predicted octanol–water partition coefficient (Wildman–Crippen LogP) is 2.85. The minimum absolute atomic E-state index is 0.294. The highest BCUT2D eigenvalue weighted by molar-refractivity contribution is 5.81. The van der Waals surface area contributed by atoms with Crippen LogP contribution < -0.4 is 0 Å². The van der Waals surface area contributed by atoms with Gasteiger partial charge in [-0.15, -0.1) is 0 Å². The first-order chi connectivity index (χ1) is 9.90. The maximum Gasteiger partial charge on any atom is 0.256 e. The number of nitrogens with zero attached hydrogens (tertiary/aromatic N) is 3. The molecule has 1 atom stereocenters. The number of hydrogen-bond donors (Lipinski definition) is 0. The lowest BCUT2D eigenvalue weighted by atomic mass is 10.0. The lowest BCUT2D eigenvalue weighted by Crippen LogP contribution is -2.34. The molecule has 2 rings (SSSR count). The third kappa shape index (κ3) is 5.10. The second kappa shape index (κ2) is 7.67. The average Bonchev–Trinajstić information content (AvgIpc) is 2.82. The largest absolute Gasteiger partial charge is 0.342 e. The number of amides is 1. The van der Waals surface area contributed by atoms with E-state index < -0.39 is 11.8 Å². The Balaban J connectivity index is 0.000000235. The Kier molecular flexibility index (Phi) is 6.22. The first-order valence-corrected chi connectivity index (χ1v) is 6.86. The Labute approximate surface area is 123 Å². The SMILES string of the molecule is CCCN1CCC(C(C)(F)F)C1=O.N#Cc1cccnc1. The van der Waals surface area contributed by atoms with E-state index in [1.54, 1.807) is 18.3 Å². The van der Waals surface area contributed by atoms with Crippen molar-refractivity contribution in [1.82, 2.24) is 9.88 Å². The quantitative estimate of drug-likeness (QED) is 0.861. The van der Waals surface area contributed by atoms with Gasteiger partial charge in [-0.2, -0.15) is 5.26 Å². The lowest BCUT2D eigenvalue weighted by Gasteiger charge is -2.18. The van der Waals surface area contributed by atoms with Crippen LogP contribution in [0.15, 0.2) is 24.5 Å². The van der Waals surface area contributed by atoms with E-state index in [0.29, 0.717) is 25.1 Å². The van der Waals surface area contributed by atoms with Crippen LogP contribution in [-0.2, 0) is 4.79 Å². The number of pyridine rings is 1. The van der Waals surface area contributed by atoms with Crippen molar-refractivity contribution >= 4 is 5.91 Å². The molecule has 0 spiro atoms. The van der Waals surface area contributed by atoms with Crippen LogP contribution in [0, 0.1) is 17.2 Å². The summed E-state index contributed by atoms with van der Waals surface area (Å²) in [5.41, 5.74) is 0.604. The van der Waals surface area contributed by atoms with Crippen molar-refractivity contribution < 1.29 is 13.6 Å². The summed E-state index contributed by atoms with van der Waals surface area (Å²) in [4.78, 5) is 16.7. The molecule has 1 aliphatic rings. The van der Waals surface area contributed by atoms with Crippen molar-refractivity contribution in [1.29, 1.82) is 5.26 Å².